The number of ketones is 1. The van der Waals surface area contributed by atoms with Crippen LogP contribution in [0.5, 0.6) is 0 Å². The first-order valence-corrected chi connectivity index (χ1v) is 9.11. The molecular formula is C18H22Cl2N2O3. The number of carbonyl (C=O) groups excluding carboxylic acids is 2. The van der Waals surface area contributed by atoms with Gasteiger partial charge in [-0.3, -0.25) is 9.69 Å². The molecule has 2 saturated heterocycles. The number of amides is 1. The summed E-state index contributed by atoms with van der Waals surface area (Å²) >= 11 is 11.9. The predicted molar refractivity (Wildman–Crippen MR) is 97.5 cm³/mol. The van der Waals surface area contributed by atoms with E-state index in [1.165, 1.54) is 0 Å². The van der Waals surface area contributed by atoms with Crippen molar-refractivity contribution >= 4 is 35.1 Å². The topological polar surface area (TPSA) is 49.9 Å². The fraction of sp³-hybridized carbons (Fsp3) is 0.556. The molecule has 2 unspecified atom stereocenters. The zero-order valence-corrected chi connectivity index (χ0v) is 16.1. The third-order valence-corrected chi connectivity index (χ3v) is 5.31. The van der Waals surface area contributed by atoms with Gasteiger partial charge in [0.2, 0.25) is 0 Å². The zero-order valence-electron chi connectivity index (χ0n) is 14.6. The Labute approximate surface area is 157 Å². The van der Waals surface area contributed by atoms with Crippen molar-refractivity contribution in [3.8, 4) is 0 Å². The molecule has 5 nitrogen and oxygen atoms in total. The van der Waals surface area contributed by atoms with Gasteiger partial charge >= 0.3 is 6.09 Å². The molecule has 2 bridgehead atoms. The summed E-state index contributed by atoms with van der Waals surface area (Å²) in [5.41, 5.74) is 0.0590. The lowest BCUT2D eigenvalue weighted by Crippen LogP contribution is -2.51. The molecule has 0 spiro atoms. The summed E-state index contributed by atoms with van der Waals surface area (Å²) in [6.45, 7) is 7.21. The maximum Gasteiger partial charge on any atom is 0.410 e. The highest BCUT2D eigenvalue weighted by molar-refractivity contribution is 6.42. The Hall–Kier alpha value is -1.30. The number of hydrogen-bond donors (Lipinski definition) is 0. The molecule has 2 aliphatic rings. The minimum atomic E-state index is -0.498. The first kappa shape index (κ1) is 18.5. The standard InChI is InChI=1S/C18H22Cl2N2O3/c1-18(2,3)25-17(24)22-9-12-7-13(22)8-21(12)10-16(23)11-4-5-14(19)15(20)6-11/h4-6,12-13H,7-10H2,1-3H3. The minimum absolute atomic E-state index is 0.00920. The van der Waals surface area contributed by atoms with Gasteiger partial charge in [0.05, 0.1) is 16.6 Å². The number of Topliss-reactive ketones (excluding diaryl/α,β-unsaturated/α-hetero) is 1. The summed E-state index contributed by atoms with van der Waals surface area (Å²) in [7, 11) is 0. The molecule has 0 aromatic heterocycles. The summed E-state index contributed by atoms with van der Waals surface area (Å²) in [4.78, 5) is 28.7. The number of rotatable bonds is 3. The molecule has 2 aliphatic heterocycles. The quantitative estimate of drug-likeness (QED) is 0.742. The molecule has 3 rings (SSSR count). The van der Waals surface area contributed by atoms with Crippen LogP contribution in [-0.4, -0.2) is 59.0 Å². The Bertz CT molecular complexity index is 702. The summed E-state index contributed by atoms with van der Waals surface area (Å²) in [6, 6.07) is 5.24. The Kier molecular flexibility index (Phi) is 5.02. The van der Waals surface area contributed by atoms with Crippen LogP contribution in [0.25, 0.3) is 0 Å². The van der Waals surface area contributed by atoms with Crippen LogP contribution in [0, 0.1) is 0 Å². The maximum atomic E-state index is 12.5. The number of likely N-dealkylation sites (tertiary alicyclic amines) is 2. The molecule has 25 heavy (non-hydrogen) atoms. The number of piperazine rings is 1. The maximum absolute atomic E-state index is 12.5. The van der Waals surface area contributed by atoms with Crippen molar-refractivity contribution in [2.24, 2.45) is 0 Å². The van der Waals surface area contributed by atoms with Crippen LogP contribution in [-0.2, 0) is 4.74 Å². The van der Waals surface area contributed by atoms with Crippen molar-refractivity contribution in [2.75, 3.05) is 19.6 Å². The molecule has 1 aromatic rings. The number of hydrogen-bond acceptors (Lipinski definition) is 4. The van der Waals surface area contributed by atoms with Crippen LogP contribution in [0.3, 0.4) is 0 Å². The fourth-order valence-electron chi connectivity index (χ4n) is 3.43. The highest BCUT2D eigenvalue weighted by atomic mass is 35.5. The van der Waals surface area contributed by atoms with E-state index < -0.39 is 5.60 Å². The van der Waals surface area contributed by atoms with E-state index in [9.17, 15) is 9.59 Å². The van der Waals surface area contributed by atoms with Gasteiger partial charge < -0.3 is 9.64 Å². The van der Waals surface area contributed by atoms with E-state index >= 15 is 0 Å². The van der Waals surface area contributed by atoms with Crippen LogP contribution in [0.2, 0.25) is 10.0 Å². The molecule has 1 aromatic carbocycles. The third kappa shape index (κ3) is 4.10. The van der Waals surface area contributed by atoms with Gasteiger partial charge in [0, 0.05) is 30.7 Å². The van der Waals surface area contributed by atoms with Crippen molar-refractivity contribution < 1.29 is 14.3 Å². The molecular weight excluding hydrogens is 363 g/mol. The predicted octanol–water partition coefficient (Wildman–Crippen LogP) is 3.87. The second-order valence-electron chi connectivity index (χ2n) is 7.66. The number of nitrogens with zero attached hydrogens (tertiary/aromatic N) is 2. The normalized spacial score (nSPS) is 23.2. The summed E-state index contributed by atoms with van der Waals surface area (Å²) in [5.74, 6) is 0.00920. The molecule has 0 N–H and O–H groups in total. The van der Waals surface area contributed by atoms with Crippen LogP contribution in [0.4, 0.5) is 4.79 Å². The lowest BCUT2D eigenvalue weighted by Gasteiger charge is -2.34. The second-order valence-corrected chi connectivity index (χ2v) is 8.47. The highest BCUT2D eigenvalue weighted by Crippen LogP contribution is 2.32. The van der Waals surface area contributed by atoms with Crippen molar-refractivity contribution in [3.63, 3.8) is 0 Å². The molecule has 2 atom stereocenters. The van der Waals surface area contributed by atoms with E-state index in [0.717, 1.165) is 6.42 Å². The molecule has 0 radical (unpaired) electrons. The van der Waals surface area contributed by atoms with E-state index in [1.807, 2.05) is 20.8 Å². The van der Waals surface area contributed by atoms with Crippen LogP contribution in [0.15, 0.2) is 18.2 Å². The van der Waals surface area contributed by atoms with Gasteiger partial charge in [-0.05, 0) is 45.4 Å². The van der Waals surface area contributed by atoms with Gasteiger partial charge in [0.25, 0.3) is 0 Å². The van der Waals surface area contributed by atoms with Gasteiger partial charge in [-0.25, -0.2) is 4.79 Å². The van der Waals surface area contributed by atoms with E-state index in [-0.39, 0.29) is 24.0 Å². The van der Waals surface area contributed by atoms with Gasteiger partial charge in [-0.2, -0.15) is 0 Å². The van der Waals surface area contributed by atoms with Crippen molar-refractivity contribution in [3.05, 3.63) is 33.8 Å². The molecule has 1 amide bonds. The zero-order chi connectivity index (χ0) is 18.4. The monoisotopic (exact) mass is 384 g/mol. The van der Waals surface area contributed by atoms with Crippen molar-refractivity contribution in [1.29, 1.82) is 0 Å². The number of carbonyl (C=O) groups is 2. The SMILES string of the molecule is CC(C)(C)OC(=O)N1CC2CC1CN2CC(=O)c1ccc(Cl)c(Cl)c1. The Morgan fingerprint density at radius 1 is 1.16 bits per heavy atom. The van der Waals surface area contributed by atoms with Crippen LogP contribution < -0.4 is 0 Å². The summed E-state index contributed by atoms with van der Waals surface area (Å²) in [5, 5.41) is 0.818. The lowest BCUT2D eigenvalue weighted by molar-refractivity contribution is 0.0134. The first-order chi connectivity index (χ1) is 11.6. The van der Waals surface area contributed by atoms with E-state index in [2.05, 4.69) is 4.90 Å². The molecule has 7 heteroatoms. The largest absolute Gasteiger partial charge is 0.444 e. The van der Waals surface area contributed by atoms with E-state index in [1.54, 1.807) is 23.1 Å². The number of benzene rings is 1. The summed E-state index contributed by atoms with van der Waals surface area (Å²) < 4.78 is 5.46. The third-order valence-electron chi connectivity index (χ3n) is 4.57. The molecule has 0 aliphatic carbocycles. The van der Waals surface area contributed by atoms with E-state index in [4.69, 9.17) is 27.9 Å². The lowest BCUT2D eigenvalue weighted by atomic mass is 10.1. The van der Waals surface area contributed by atoms with Gasteiger partial charge in [0.15, 0.2) is 5.78 Å². The number of fused-ring (bicyclic) bond motifs is 2. The molecule has 136 valence electrons. The molecule has 2 heterocycles. The van der Waals surface area contributed by atoms with Crippen molar-refractivity contribution in [1.82, 2.24) is 9.80 Å². The Morgan fingerprint density at radius 2 is 1.88 bits per heavy atom. The number of ether oxygens (including phenoxy) is 1. The van der Waals surface area contributed by atoms with Crippen molar-refractivity contribution in [2.45, 2.75) is 44.9 Å². The van der Waals surface area contributed by atoms with E-state index in [0.29, 0.717) is 35.2 Å². The average Bonchev–Trinajstić information content (AvgIpc) is 3.08. The molecule has 2 fully saturated rings. The second kappa shape index (κ2) is 6.78. The van der Waals surface area contributed by atoms with Gasteiger partial charge in [0.1, 0.15) is 5.60 Å². The van der Waals surface area contributed by atoms with Crippen LogP contribution in [0.1, 0.15) is 37.6 Å². The smallest absolute Gasteiger partial charge is 0.410 e. The molecule has 0 saturated carbocycles. The Morgan fingerprint density at radius 3 is 2.44 bits per heavy atom. The van der Waals surface area contributed by atoms with Gasteiger partial charge in [-0.15, -0.1) is 0 Å². The fourth-order valence-corrected chi connectivity index (χ4v) is 3.73. The van der Waals surface area contributed by atoms with Gasteiger partial charge in [-0.1, -0.05) is 23.2 Å². The summed E-state index contributed by atoms with van der Waals surface area (Å²) in [6.07, 6.45) is 0.615. The number of halogens is 2. The highest BCUT2D eigenvalue weighted by Gasteiger charge is 2.46. The average molecular weight is 385 g/mol. The Balaban J connectivity index is 1.59. The first-order valence-electron chi connectivity index (χ1n) is 8.36. The minimum Gasteiger partial charge on any atom is -0.444 e. The van der Waals surface area contributed by atoms with Crippen LogP contribution >= 0.6 is 23.2 Å².